The first-order valence-corrected chi connectivity index (χ1v) is 6.54. The number of nitrogens with one attached hydrogen (secondary N) is 2. The number of nitro benzene ring substituents is 1. The number of benzene rings is 1. The van der Waals surface area contributed by atoms with Crippen LogP contribution in [0, 0.1) is 10.1 Å². The van der Waals surface area contributed by atoms with Gasteiger partial charge in [-0.1, -0.05) is 0 Å². The third kappa shape index (κ3) is 3.54. The highest BCUT2D eigenvalue weighted by Gasteiger charge is 2.16. The van der Waals surface area contributed by atoms with Gasteiger partial charge in [-0.15, -0.1) is 0 Å². The molecule has 0 saturated heterocycles. The van der Waals surface area contributed by atoms with Gasteiger partial charge in [0.15, 0.2) is 5.69 Å². The normalized spacial score (nSPS) is 11.0. The van der Waals surface area contributed by atoms with Crippen LogP contribution in [0.1, 0.15) is 16.9 Å². The van der Waals surface area contributed by atoms with Crippen LogP contribution in [-0.4, -0.2) is 53.1 Å². The first-order valence-electron chi connectivity index (χ1n) is 6.54. The van der Waals surface area contributed by atoms with E-state index in [9.17, 15) is 14.9 Å². The van der Waals surface area contributed by atoms with Crippen LogP contribution in [0.3, 0.4) is 0 Å². The summed E-state index contributed by atoms with van der Waals surface area (Å²) < 4.78 is 0. The van der Waals surface area contributed by atoms with Crippen molar-refractivity contribution < 1.29 is 9.72 Å². The summed E-state index contributed by atoms with van der Waals surface area (Å²) in [5, 5.41) is 20.7. The number of aromatic nitrogens is 2. The largest absolute Gasteiger partial charge is 0.351 e. The Morgan fingerprint density at radius 2 is 2.24 bits per heavy atom. The van der Waals surface area contributed by atoms with Crippen LogP contribution in [0.15, 0.2) is 18.2 Å². The summed E-state index contributed by atoms with van der Waals surface area (Å²) in [6, 6.07) is 4.27. The molecule has 0 bridgehead atoms. The van der Waals surface area contributed by atoms with Crippen molar-refractivity contribution in [2.24, 2.45) is 0 Å². The molecule has 0 spiro atoms. The van der Waals surface area contributed by atoms with Crippen LogP contribution in [0.5, 0.6) is 0 Å². The Hall–Kier alpha value is -2.48. The van der Waals surface area contributed by atoms with Crippen LogP contribution in [0.4, 0.5) is 5.69 Å². The molecular weight excluding hydrogens is 274 g/mol. The second-order valence-corrected chi connectivity index (χ2v) is 4.97. The molecule has 0 radical (unpaired) electrons. The molecule has 2 aromatic rings. The summed E-state index contributed by atoms with van der Waals surface area (Å²) in [5.74, 6) is -0.333. The number of fused-ring (bicyclic) bond motifs is 1. The summed E-state index contributed by atoms with van der Waals surface area (Å²) in [7, 11) is 3.92. The lowest BCUT2D eigenvalue weighted by molar-refractivity contribution is -0.384. The van der Waals surface area contributed by atoms with Crippen molar-refractivity contribution in [1.82, 2.24) is 20.4 Å². The third-order valence-corrected chi connectivity index (χ3v) is 3.04. The lowest BCUT2D eigenvalue weighted by atomic mass is 10.2. The molecule has 0 saturated carbocycles. The molecule has 0 unspecified atom stereocenters. The van der Waals surface area contributed by atoms with Crippen molar-refractivity contribution in [3.63, 3.8) is 0 Å². The average Bonchev–Trinajstić information content (AvgIpc) is 2.86. The maximum absolute atomic E-state index is 12.1. The molecule has 1 aromatic carbocycles. The SMILES string of the molecule is CN(C)CCCNC(=O)c1n[nH]c2ccc([N+](=O)[O-])cc12. The van der Waals surface area contributed by atoms with Gasteiger partial charge in [-0.2, -0.15) is 5.10 Å². The monoisotopic (exact) mass is 291 g/mol. The number of non-ortho nitro benzene ring substituents is 1. The zero-order chi connectivity index (χ0) is 15.4. The number of nitrogens with zero attached hydrogens (tertiary/aromatic N) is 3. The first-order chi connectivity index (χ1) is 9.99. The highest BCUT2D eigenvalue weighted by molar-refractivity contribution is 6.05. The number of nitro groups is 1. The van der Waals surface area contributed by atoms with Gasteiger partial charge in [-0.3, -0.25) is 20.0 Å². The summed E-state index contributed by atoms with van der Waals surface area (Å²) in [5.41, 5.74) is 0.711. The molecule has 2 N–H and O–H groups in total. The molecule has 0 aliphatic heterocycles. The van der Waals surface area contributed by atoms with E-state index in [1.54, 1.807) is 6.07 Å². The molecule has 1 heterocycles. The standard InChI is InChI=1S/C13H17N5O3/c1-17(2)7-3-6-14-13(19)12-10-8-9(18(20)21)4-5-11(10)15-16-12/h4-5,8H,3,6-7H2,1-2H3,(H,14,19)(H,15,16). The second kappa shape index (κ2) is 6.31. The van der Waals surface area contributed by atoms with Gasteiger partial charge in [-0.05, 0) is 33.1 Å². The lowest BCUT2D eigenvalue weighted by Crippen LogP contribution is -2.27. The number of aromatic amines is 1. The predicted molar refractivity (Wildman–Crippen MR) is 78.3 cm³/mol. The van der Waals surface area contributed by atoms with E-state index in [2.05, 4.69) is 15.5 Å². The summed E-state index contributed by atoms with van der Waals surface area (Å²) in [4.78, 5) is 24.4. The smallest absolute Gasteiger partial charge is 0.272 e. The summed E-state index contributed by atoms with van der Waals surface area (Å²) in [6.07, 6.45) is 0.821. The Labute approximate surface area is 121 Å². The zero-order valence-electron chi connectivity index (χ0n) is 11.9. The zero-order valence-corrected chi connectivity index (χ0v) is 11.9. The minimum absolute atomic E-state index is 0.0643. The van der Waals surface area contributed by atoms with Crippen molar-refractivity contribution in [3.8, 4) is 0 Å². The number of carbonyl (C=O) groups excluding carboxylic acids is 1. The van der Waals surface area contributed by atoms with Crippen LogP contribution in [0.2, 0.25) is 0 Å². The molecular formula is C13H17N5O3. The Morgan fingerprint density at radius 1 is 1.48 bits per heavy atom. The van der Waals surface area contributed by atoms with Crippen molar-refractivity contribution in [2.75, 3.05) is 27.2 Å². The van der Waals surface area contributed by atoms with Crippen molar-refractivity contribution in [3.05, 3.63) is 34.0 Å². The van der Waals surface area contributed by atoms with Gasteiger partial charge in [0.2, 0.25) is 0 Å². The molecule has 0 fully saturated rings. The molecule has 0 atom stereocenters. The van der Waals surface area contributed by atoms with E-state index < -0.39 is 4.92 Å². The molecule has 8 heteroatoms. The van der Waals surface area contributed by atoms with Crippen LogP contribution in [0.25, 0.3) is 10.9 Å². The number of carbonyl (C=O) groups is 1. The fraction of sp³-hybridized carbons (Fsp3) is 0.385. The minimum atomic E-state index is -0.495. The van der Waals surface area contributed by atoms with Crippen molar-refractivity contribution >= 4 is 22.5 Å². The van der Waals surface area contributed by atoms with Gasteiger partial charge in [0.05, 0.1) is 10.4 Å². The van der Waals surface area contributed by atoms with Crippen LogP contribution < -0.4 is 5.32 Å². The Morgan fingerprint density at radius 3 is 2.90 bits per heavy atom. The fourth-order valence-corrected chi connectivity index (χ4v) is 1.97. The Balaban J connectivity index is 2.12. The molecule has 21 heavy (non-hydrogen) atoms. The molecule has 112 valence electrons. The average molecular weight is 291 g/mol. The van der Waals surface area contributed by atoms with Crippen molar-refractivity contribution in [2.45, 2.75) is 6.42 Å². The molecule has 0 aliphatic carbocycles. The van der Waals surface area contributed by atoms with Crippen LogP contribution in [-0.2, 0) is 0 Å². The highest BCUT2D eigenvalue weighted by Crippen LogP contribution is 2.21. The molecule has 0 aliphatic rings. The quantitative estimate of drug-likeness (QED) is 0.472. The van der Waals surface area contributed by atoms with Gasteiger partial charge in [0.25, 0.3) is 11.6 Å². The second-order valence-electron chi connectivity index (χ2n) is 4.97. The number of rotatable bonds is 6. The minimum Gasteiger partial charge on any atom is -0.351 e. The van der Waals surface area contributed by atoms with Gasteiger partial charge in [-0.25, -0.2) is 0 Å². The van der Waals surface area contributed by atoms with E-state index in [0.29, 0.717) is 17.4 Å². The van der Waals surface area contributed by atoms with E-state index in [1.807, 2.05) is 19.0 Å². The summed E-state index contributed by atoms with van der Waals surface area (Å²) in [6.45, 7) is 1.40. The lowest BCUT2D eigenvalue weighted by Gasteiger charge is -2.09. The maximum Gasteiger partial charge on any atom is 0.272 e. The van der Waals surface area contributed by atoms with E-state index in [1.165, 1.54) is 12.1 Å². The van der Waals surface area contributed by atoms with Crippen LogP contribution >= 0.6 is 0 Å². The van der Waals surface area contributed by atoms with E-state index >= 15 is 0 Å². The van der Waals surface area contributed by atoms with Gasteiger partial charge >= 0.3 is 0 Å². The fourth-order valence-electron chi connectivity index (χ4n) is 1.97. The predicted octanol–water partition coefficient (Wildman–Crippen LogP) is 1.15. The van der Waals surface area contributed by atoms with Gasteiger partial charge in [0, 0.05) is 24.1 Å². The highest BCUT2D eigenvalue weighted by atomic mass is 16.6. The van der Waals surface area contributed by atoms with E-state index in [0.717, 1.165) is 13.0 Å². The Bertz CT molecular complexity index is 665. The number of hydrogen-bond acceptors (Lipinski definition) is 5. The van der Waals surface area contributed by atoms with Gasteiger partial charge in [0.1, 0.15) is 0 Å². The molecule has 1 amide bonds. The number of amides is 1. The Kier molecular flexibility index (Phi) is 4.49. The molecule has 2 rings (SSSR count). The first kappa shape index (κ1) is 14.9. The topological polar surface area (TPSA) is 104 Å². The molecule has 1 aromatic heterocycles. The van der Waals surface area contributed by atoms with E-state index in [4.69, 9.17) is 0 Å². The van der Waals surface area contributed by atoms with E-state index in [-0.39, 0.29) is 17.3 Å². The van der Waals surface area contributed by atoms with Gasteiger partial charge < -0.3 is 10.2 Å². The maximum atomic E-state index is 12.1. The summed E-state index contributed by atoms with van der Waals surface area (Å²) >= 11 is 0. The number of H-pyrrole nitrogens is 1. The number of hydrogen-bond donors (Lipinski definition) is 2. The molecule has 8 nitrogen and oxygen atoms in total. The third-order valence-electron chi connectivity index (χ3n) is 3.04. The van der Waals surface area contributed by atoms with Crippen molar-refractivity contribution in [1.29, 1.82) is 0 Å².